The Kier molecular flexibility index (Phi) is 8.98. The molecule has 0 aliphatic rings. The normalized spacial score (nSPS) is 11.2. The lowest BCUT2D eigenvalue weighted by Crippen LogP contribution is -2.39. The second-order valence-electron chi connectivity index (χ2n) is 5.38. The third-order valence-electron chi connectivity index (χ3n) is 3.35. The summed E-state index contributed by atoms with van der Waals surface area (Å²) in [6.45, 7) is 5.16. The van der Waals surface area contributed by atoms with Crippen molar-refractivity contribution < 1.29 is 9.59 Å². The SMILES string of the molecule is CCN[C@H](C)CNC(=O)c1nccnc1C(=O)Nc1ccc(Cl)cc1.Cl. The summed E-state index contributed by atoms with van der Waals surface area (Å²) in [6.07, 6.45) is 2.75. The molecule has 1 heterocycles. The molecule has 26 heavy (non-hydrogen) atoms. The van der Waals surface area contributed by atoms with Crippen LogP contribution in [-0.4, -0.2) is 40.9 Å². The molecule has 3 N–H and O–H groups in total. The summed E-state index contributed by atoms with van der Waals surface area (Å²) in [7, 11) is 0. The summed E-state index contributed by atoms with van der Waals surface area (Å²) in [5.41, 5.74) is 0.496. The predicted octanol–water partition coefficient (Wildman–Crippen LogP) is 2.53. The highest BCUT2D eigenvalue weighted by Crippen LogP contribution is 2.14. The number of hydrogen-bond donors (Lipinski definition) is 3. The molecule has 0 spiro atoms. The summed E-state index contributed by atoms with van der Waals surface area (Å²) in [5, 5.41) is 9.17. The highest BCUT2D eigenvalue weighted by Gasteiger charge is 2.20. The van der Waals surface area contributed by atoms with Crippen LogP contribution in [0, 0.1) is 0 Å². The van der Waals surface area contributed by atoms with E-state index >= 15 is 0 Å². The molecule has 1 atom stereocenters. The van der Waals surface area contributed by atoms with E-state index in [9.17, 15) is 9.59 Å². The largest absolute Gasteiger partial charge is 0.349 e. The van der Waals surface area contributed by atoms with E-state index in [2.05, 4.69) is 25.9 Å². The van der Waals surface area contributed by atoms with E-state index < -0.39 is 11.8 Å². The number of likely N-dealkylation sites (N-methyl/N-ethyl adjacent to an activating group) is 1. The number of rotatable bonds is 7. The minimum absolute atomic E-state index is 0. The van der Waals surface area contributed by atoms with Crippen LogP contribution in [0.3, 0.4) is 0 Å². The Bertz CT molecular complexity index is 740. The third kappa shape index (κ3) is 6.25. The Morgan fingerprint density at radius 3 is 2.23 bits per heavy atom. The number of nitrogens with zero attached hydrogens (tertiary/aromatic N) is 2. The van der Waals surface area contributed by atoms with Crippen molar-refractivity contribution in [3.8, 4) is 0 Å². The fraction of sp³-hybridized carbons (Fsp3) is 0.294. The first kappa shape index (κ1) is 21.8. The molecule has 0 aliphatic carbocycles. The Labute approximate surface area is 163 Å². The number of carbonyl (C=O) groups is 2. The zero-order valence-corrected chi connectivity index (χ0v) is 16.0. The number of nitrogens with one attached hydrogen (secondary N) is 3. The summed E-state index contributed by atoms with van der Waals surface area (Å²) < 4.78 is 0. The van der Waals surface area contributed by atoms with Crippen LogP contribution in [0.5, 0.6) is 0 Å². The molecule has 2 rings (SSSR count). The van der Waals surface area contributed by atoms with Crippen molar-refractivity contribution in [3.63, 3.8) is 0 Å². The number of benzene rings is 1. The average molecular weight is 398 g/mol. The first-order chi connectivity index (χ1) is 12.0. The zero-order chi connectivity index (χ0) is 18.2. The van der Waals surface area contributed by atoms with Gasteiger partial charge >= 0.3 is 0 Å². The van der Waals surface area contributed by atoms with Crippen LogP contribution in [0.15, 0.2) is 36.7 Å². The molecule has 0 saturated carbocycles. The van der Waals surface area contributed by atoms with Gasteiger partial charge in [-0.2, -0.15) is 0 Å². The van der Waals surface area contributed by atoms with Crippen LogP contribution in [0.1, 0.15) is 34.8 Å². The number of aromatic nitrogens is 2. The molecular formula is C17H21Cl2N5O2. The van der Waals surface area contributed by atoms with Crippen LogP contribution in [0.25, 0.3) is 0 Å². The van der Waals surface area contributed by atoms with Crippen molar-refractivity contribution in [3.05, 3.63) is 53.1 Å². The molecule has 2 aromatic rings. The van der Waals surface area contributed by atoms with Gasteiger partial charge in [0, 0.05) is 35.7 Å². The highest BCUT2D eigenvalue weighted by atomic mass is 35.5. The molecular weight excluding hydrogens is 377 g/mol. The highest BCUT2D eigenvalue weighted by molar-refractivity contribution is 6.30. The van der Waals surface area contributed by atoms with Gasteiger partial charge in [-0.3, -0.25) is 9.59 Å². The van der Waals surface area contributed by atoms with E-state index in [4.69, 9.17) is 11.6 Å². The molecule has 2 amide bonds. The zero-order valence-electron chi connectivity index (χ0n) is 14.5. The van der Waals surface area contributed by atoms with E-state index in [1.165, 1.54) is 12.4 Å². The van der Waals surface area contributed by atoms with E-state index in [0.29, 0.717) is 17.3 Å². The quantitative estimate of drug-likeness (QED) is 0.666. The van der Waals surface area contributed by atoms with Crippen molar-refractivity contribution >= 4 is 41.5 Å². The smallest absolute Gasteiger partial charge is 0.276 e. The molecule has 0 saturated heterocycles. The Morgan fingerprint density at radius 2 is 1.65 bits per heavy atom. The minimum atomic E-state index is -0.514. The molecule has 0 fully saturated rings. The first-order valence-corrected chi connectivity index (χ1v) is 8.28. The molecule has 1 aromatic heterocycles. The van der Waals surface area contributed by atoms with E-state index in [0.717, 1.165) is 6.54 Å². The van der Waals surface area contributed by atoms with Gasteiger partial charge in [0.05, 0.1) is 0 Å². The molecule has 9 heteroatoms. The first-order valence-electron chi connectivity index (χ1n) is 7.90. The van der Waals surface area contributed by atoms with Gasteiger partial charge in [-0.1, -0.05) is 18.5 Å². The van der Waals surface area contributed by atoms with Gasteiger partial charge in [0.25, 0.3) is 11.8 Å². The Morgan fingerprint density at radius 1 is 1.08 bits per heavy atom. The van der Waals surface area contributed by atoms with E-state index in [-0.39, 0.29) is 29.8 Å². The fourth-order valence-electron chi connectivity index (χ4n) is 2.14. The van der Waals surface area contributed by atoms with Gasteiger partial charge in [0.1, 0.15) is 0 Å². The van der Waals surface area contributed by atoms with Gasteiger partial charge in [0.2, 0.25) is 0 Å². The summed E-state index contributed by atoms with van der Waals surface area (Å²) in [4.78, 5) is 32.8. The van der Waals surface area contributed by atoms with Crippen LogP contribution in [0.4, 0.5) is 5.69 Å². The van der Waals surface area contributed by atoms with E-state index in [1.54, 1.807) is 24.3 Å². The molecule has 0 bridgehead atoms. The second-order valence-corrected chi connectivity index (χ2v) is 5.82. The monoisotopic (exact) mass is 397 g/mol. The van der Waals surface area contributed by atoms with Gasteiger partial charge in [0.15, 0.2) is 11.4 Å². The topological polar surface area (TPSA) is 96.0 Å². The van der Waals surface area contributed by atoms with Crippen molar-refractivity contribution in [2.24, 2.45) is 0 Å². The van der Waals surface area contributed by atoms with E-state index in [1.807, 2.05) is 13.8 Å². The second kappa shape index (κ2) is 10.7. The number of carbonyl (C=O) groups excluding carboxylic acids is 2. The molecule has 140 valence electrons. The third-order valence-corrected chi connectivity index (χ3v) is 3.60. The van der Waals surface area contributed by atoms with Gasteiger partial charge in [-0.25, -0.2) is 9.97 Å². The van der Waals surface area contributed by atoms with Crippen LogP contribution in [-0.2, 0) is 0 Å². The van der Waals surface area contributed by atoms with Gasteiger partial charge < -0.3 is 16.0 Å². The Hall–Kier alpha value is -2.22. The molecule has 1 aromatic carbocycles. The lowest BCUT2D eigenvalue weighted by Gasteiger charge is -2.13. The molecule has 0 aliphatic heterocycles. The maximum atomic E-state index is 12.4. The number of hydrogen-bond acceptors (Lipinski definition) is 5. The number of anilines is 1. The van der Waals surface area contributed by atoms with Crippen molar-refractivity contribution in [1.82, 2.24) is 20.6 Å². The van der Waals surface area contributed by atoms with Gasteiger partial charge in [-0.05, 0) is 37.7 Å². The molecule has 0 radical (unpaired) electrons. The summed E-state index contributed by atoms with van der Waals surface area (Å²) >= 11 is 5.82. The number of amides is 2. The van der Waals surface area contributed by atoms with Gasteiger partial charge in [-0.15, -0.1) is 12.4 Å². The summed E-state index contributed by atoms with van der Waals surface area (Å²) in [5.74, 6) is -0.959. The standard InChI is InChI=1S/C17H20ClN5O2.ClH/c1-3-19-11(2)10-22-16(24)14-15(21-9-8-20-14)17(25)23-13-6-4-12(18)5-7-13;/h4-9,11,19H,3,10H2,1-2H3,(H,22,24)(H,23,25);1H/t11-;/m1./s1. The maximum absolute atomic E-state index is 12.4. The van der Waals surface area contributed by atoms with Crippen LogP contribution in [0.2, 0.25) is 5.02 Å². The summed E-state index contributed by atoms with van der Waals surface area (Å²) in [6, 6.07) is 6.74. The maximum Gasteiger partial charge on any atom is 0.276 e. The van der Waals surface area contributed by atoms with Crippen LogP contribution < -0.4 is 16.0 Å². The molecule has 0 unspecified atom stereocenters. The molecule has 7 nitrogen and oxygen atoms in total. The lowest BCUT2D eigenvalue weighted by atomic mass is 10.2. The minimum Gasteiger partial charge on any atom is -0.349 e. The average Bonchev–Trinajstić information content (AvgIpc) is 2.62. The van der Waals surface area contributed by atoms with Crippen molar-refractivity contribution in [2.45, 2.75) is 19.9 Å². The lowest BCUT2D eigenvalue weighted by molar-refractivity contribution is 0.0930. The predicted molar refractivity (Wildman–Crippen MR) is 104 cm³/mol. The van der Waals surface area contributed by atoms with Crippen molar-refractivity contribution in [1.29, 1.82) is 0 Å². The van der Waals surface area contributed by atoms with Crippen LogP contribution >= 0.6 is 24.0 Å². The Balaban J connectivity index is 0.00000338. The number of halogens is 2. The van der Waals surface area contributed by atoms with Crippen molar-refractivity contribution in [2.75, 3.05) is 18.4 Å². The fourth-order valence-corrected chi connectivity index (χ4v) is 2.27.